The molecule has 2 aromatic carbocycles. The minimum atomic E-state index is -0.176. The first kappa shape index (κ1) is 21.5. The predicted molar refractivity (Wildman–Crippen MR) is 117 cm³/mol. The number of aromatic nitrogens is 3. The maximum atomic E-state index is 12.2. The molecule has 0 aliphatic carbocycles. The summed E-state index contributed by atoms with van der Waals surface area (Å²) < 4.78 is 7.68. The number of aryl methyl sites for hydroxylation is 2. The molecule has 0 aliphatic heterocycles. The smallest absolute Gasteiger partial charge is 0.234 e. The molecule has 0 saturated heterocycles. The van der Waals surface area contributed by atoms with E-state index in [0.29, 0.717) is 33.3 Å². The largest absolute Gasteiger partial charge is 0.485 e. The normalized spacial score (nSPS) is 10.8. The topological polar surface area (TPSA) is 69.0 Å². The van der Waals surface area contributed by atoms with E-state index < -0.39 is 0 Å². The number of amides is 1. The fourth-order valence-electron chi connectivity index (χ4n) is 2.60. The van der Waals surface area contributed by atoms with Crippen molar-refractivity contribution in [3.8, 4) is 5.75 Å². The lowest BCUT2D eigenvalue weighted by Crippen LogP contribution is -2.14. The molecular weight excluding hydrogens is 431 g/mol. The van der Waals surface area contributed by atoms with E-state index in [4.69, 9.17) is 27.9 Å². The van der Waals surface area contributed by atoms with Crippen LogP contribution in [0.25, 0.3) is 0 Å². The Morgan fingerprint density at radius 1 is 1.14 bits per heavy atom. The van der Waals surface area contributed by atoms with Crippen LogP contribution < -0.4 is 10.1 Å². The van der Waals surface area contributed by atoms with Gasteiger partial charge >= 0.3 is 0 Å². The summed E-state index contributed by atoms with van der Waals surface area (Å²) in [6.07, 6.45) is 0. The molecule has 29 heavy (non-hydrogen) atoms. The number of anilines is 1. The SMILES string of the molecule is Cc1ccc(OCc2nnc(SCC(=O)Nc3ccc(Cl)c(Cl)c3)n2C)c(C)c1. The lowest BCUT2D eigenvalue weighted by Gasteiger charge is -2.09. The van der Waals surface area contributed by atoms with Gasteiger partial charge in [-0.2, -0.15) is 0 Å². The average Bonchev–Trinajstić information content (AvgIpc) is 3.02. The van der Waals surface area contributed by atoms with Crippen LogP contribution in [0.3, 0.4) is 0 Å². The van der Waals surface area contributed by atoms with Crippen LogP contribution in [0.15, 0.2) is 41.6 Å². The summed E-state index contributed by atoms with van der Waals surface area (Å²) >= 11 is 13.1. The number of nitrogens with zero attached hydrogens (tertiary/aromatic N) is 3. The maximum absolute atomic E-state index is 12.2. The number of hydrogen-bond donors (Lipinski definition) is 1. The molecule has 1 amide bonds. The van der Waals surface area contributed by atoms with E-state index in [9.17, 15) is 4.79 Å². The Morgan fingerprint density at radius 3 is 2.66 bits per heavy atom. The summed E-state index contributed by atoms with van der Waals surface area (Å²) in [7, 11) is 1.85. The number of ether oxygens (including phenoxy) is 1. The van der Waals surface area contributed by atoms with E-state index in [0.717, 1.165) is 11.3 Å². The van der Waals surface area contributed by atoms with Gasteiger partial charge in [0.05, 0.1) is 15.8 Å². The van der Waals surface area contributed by atoms with Crippen molar-refractivity contribution < 1.29 is 9.53 Å². The van der Waals surface area contributed by atoms with Crippen molar-refractivity contribution in [2.75, 3.05) is 11.1 Å². The molecule has 0 saturated carbocycles. The molecule has 1 heterocycles. The molecule has 1 aromatic heterocycles. The summed E-state index contributed by atoms with van der Waals surface area (Å²) in [6, 6.07) is 11.0. The highest BCUT2D eigenvalue weighted by atomic mass is 35.5. The van der Waals surface area contributed by atoms with Gasteiger partial charge in [-0.3, -0.25) is 4.79 Å². The Hall–Kier alpha value is -2.22. The van der Waals surface area contributed by atoms with Crippen molar-refractivity contribution in [3.63, 3.8) is 0 Å². The Labute approximate surface area is 183 Å². The van der Waals surface area contributed by atoms with Crippen LogP contribution in [0.4, 0.5) is 5.69 Å². The van der Waals surface area contributed by atoms with E-state index >= 15 is 0 Å². The van der Waals surface area contributed by atoms with Crippen LogP contribution in [-0.2, 0) is 18.4 Å². The first-order chi connectivity index (χ1) is 13.8. The zero-order valence-electron chi connectivity index (χ0n) is 16.2. The Morgan fingerprint density at radius 2 is 1.93 bits per heavy atom. The number of halogens is 2. The maximum Gasteiger partial charge on any atom is 0.234 e. The second kappa shape index (κ2) is 9.52. The van der Waals surface area contributed by atoms with Crippen molar-refractivity contribution in [2.45, 2.75) is 25.6 Å². The van der Waals surface area contributed by atoms with Crippen LogP contribution in [0.1, 0.15) is 17.0 Å². The Bertz CT molecular complexity index is 1040. The fraction of sp³-hybridized carbons (Fsp3) is 0.250. The van der Waals surface area contributed by atoms with Gasteiger partial charge in [-0.05, 0) is 43.7 Å². The number of benzene rings is 2. The summed E-state index contributed by atoms with van der Waals surface area (Å²) in [6.45, 7) is 4.34. The average molecular weight is 451 g/mol. The van der Waals surface area contributed by atoms with Gasteiger partial charge in [-0.15, -0.1) is 10.2 Å². The third-order valence-electron chi connectivity index (χ3n) is 4.15. The number of rotatable bonds is 7. The second-order valence-corrected chi connectivity index (χ2v) is 8.24. The highest BCUT2D eigenvalue weighted by Crippen LogP contribution is 2.25. The second-order valence-electron chi connectivity index (χ2n) is 6.48. The van der Waals surface area contributed by atoms with Crippen LogP contribution in [0, 0.1) is 13.8 Å². The van der Waals surface area contributed by atoms with Crippen LogP contribution in [0.2, 0.25) is 10.0 Å². The standard InChI is InChI=1S/C20H20Cl2N4O2S/c1-12-4-7-17(13(2)8-12)28-10-18-24-25-20(26(18)3)29-11-19(27)23-14-5-6-15(21)16(22)9-14/h4-9H,10-11H2,1-3H3,(H,23,27). The summed E-state index contributed by atoms with van der Waals surface area (Å²) in [5.74, 6) is 1.50. The molecule has 3 rings (SSSR count). The molecule has 0 fully saturated rings. The fourth-order valence-corrected chi connectivity index (χ4v) is 3.63. The van der Waals surface area contributed by atoms with Crippen molar-refractivity contribution in [1.29, 1.82) is 0 Å². The molecule has 6 nitrogen and oxygen atoms in total. The van der Waals surface area contributed by atoms with Gasteiger partial charge in [0.1, 0.15) is 12.4 Å². The molecule has 9 heteroatoms. The first-order valence-corrected chi connectivity index (χ1v) is 10.5. The van der Waals surface area contributed by atoms with Crippen molar-refractivity contribution >= 4 is 46.6 Å². The molecule has 1 N–H and O–H groups in total. The van der Waals surface area contributed by atoms with Gasteiger partial charge in [0.2, 0.25) is 5.91 Å². The van der Waals surface area contributed by atoms with Crippen molar-refractivity contribution in [1.82, 2.24) is 14.8 Å². The third kappa shape index (κ3) is 5.65. The number of nitrogens with one attached hydrogen (secondary N) is 1. The van der Waals surface area contributed by atoms with Crippen molar-refractivity contribution in [2.24, 2.45) is 7.05 Å². The number of carbonyl (C=O) groups is 1. The van der Waals surface area contributed by atoms with E-state index in [1.165, 1.54) is 17.3 Å². The minimum Gasteiger partial charge on any atom is -0.485 e. The molecule has 0 aliphatic rings. The third-order valence-corrected chi connectivity index (χ3v) is 5.91. The Kier molecular flexibility index (Phi) is 7.05. The minimum absolute atomic E-state index is 0.176. The van der Waals surface area contributed by atoms with Gasteiger partial charge in [0.25, 0.3) is 0 Å². The van der Waals surface area contributed by atoms with E-state index in [2.05, 4.69) is 21.6 Å². The zero-order chi connectivity index (χ0) is 21.0. The summed E-state index contributed by atoms with van der Waals surface area (Å²) in [4.78, 5) is 12.2. The van der Waals surface area contributed by atoms with E-state index in [1.807, 2.05) is 37.6 Å². The van der Waals surface area contributed by atoms with Gasteiger partial charge in [-0.25, -0.2) is 0 Å². The monoisotopic (exact) mass is 450 g/mol. The molecular formula is C20H20Cl2N4O2S. The predicted octanol–water partition coefficient (Wildman–Crippen LogP) is 5.05. The van der Waals surface area contributed by atoms with Gasteiger partial charge in [-0.1, -0.05) is 52.7 Å². The number of thioether (sulfide) groups is 1. The summed E-state index contributed by atoms with van der Waals surface area (Å²) in [5, 5.41) is 12.5. The van der Waals surface area contributed by atoms with Crippen LogP contribution in [0.5, 0.6) is 5.75 Å². The van der Waals surface area contributed by atoms with Gasteiger partial charge < -0.3 is 14.6 Å². The lowest BCUT2D eigenvalue weighted by atomic mass is 10.1. The molecule has 152 valence electrons. The van der Waals surface area contributed by atoms with Crippen molar-refractivity contribution in [3.05, 3.63) is 63.4 Å². The molecule has 0 unspecified atom stereocenters. The molecule has 0 radical (unpaired) electrons. The molecule has 0 bridgehead atoms. The first-order valence-electron chi connectivity index (χ1n) is 8.79. The van der Waals surface area contributed by atoms with Gasteiger partial charge in [0, 0.05) is 12.7 Å². The number of carbonyl (C=O) groups excluding carboxylic acids is 1. The highest BCUT2D eigenvalue weighted by molar-refractivity contribution is 7.99. The quantitative estimate of drug-likeness (QED) is 0.510. The van der Waals surface area contributed by atoms with E-state index in [-0.39, 0.29) is 11.7 Å². The molecule has 3 aromatic rings. The highest BCUT2D eigenvalue weighted by Gasteiger charge is 2.13. The van der Waals surface area contributed by atoms with Crippen LogP contribution >= 0.6 is 35.0 Å². The molecule has 0 atom stereocenters. The van der Waals surface area contributed by atoms with E-state index in [1.54, 1.807) is 18.2 Å². The Balaban J connectivity index is 1.55. The summed E-state index contributed by atoms with van der Waals surface area (Å²) in [5.41, 5.74) is 2.85. The molecule has 0 spiro atoms. The van der Waals surface area contributed by atoms with Crippen LogP contribution in [-0.4, -0.2) is 26.4 Å². The van der Waals surface area contributed by atoms with Gasteiger partial charge in [0.15, 0.2) is 11.0 Å². The lowest BCUT2D eigenvalue weighted by molar-refractivity contribution is -0.113. The zero-order valence-corrected chi connectivity index (χ0v) is 18.5. The number of hydrogen-bond acceptors (Lipinski definition) is 5.